The summed E-state index contributed by atoms with van der Waals surface area (Å²) < 4.78 is 5.40. The van der Waals surface area contributed by atoms with Crippen LogP contribution in [-0.4, -0.2) is 49.7 Å². The van der Waals surface area contributed by atoms with Gasteiger partial charge in [-0.3, -0.25) is 4.79 Å². The van der Waals surface area contributed by atoms with Gasteiger partial charge in [-0.25, -0.2) is 0 Å². The second-order valence-electron chi connectivity index (χ2n) is 3.93. The van der Waals surface area contributed by atoms with Crippen LogP contribution in [0.3, 0.4) is 0 Å². The number of ether oxygens (including phenoxy) is 1. The fourth-order valence-corrected chi connectivity index (χ4v) is 2.04. The number of amides is 1. The molecule has 2 aliphatic heterocycles. The van der Waals surface area contributed by atoms with Crippen molar-refractivity contribution in [2.75, 3.05) is 32.8 Å². The van der Waals surface area contributed by atoms with Crippen LogP contribution in [0.2, 0.25) is 0 Å². The van der Waals surface area contributed by atoms with Gasteiger partial charge in [-0.05, 0) is 25.8 Å². The fourth-order valence-electron chi connectivity index (χ4n) is 2.04. The summed E-state index contributed by atoms with van der Waals surface area (Å²) in [5.41, 5.74) is 0. The Morgan fingerprint density at radius 1 is 1.27 bits per heavy atom. The molecule has 0 aliphatic carbocycles. The number of hydrogen-bond acceptors (Lipinski definition) is 3. The summed E-state index contributed by atoms with van der Waals surface area (Å²) in [6, 6.07) is 0. The van der Waals surface area contributed by atoms with Gasteiger partial charge in [-0.1, -0.05) is 0 Å². The molecule has 2 heterocycles. The predicted molar refractivity (Wildman–Crippen MR) is 60.3 cm³/mol. The smallest absolute Gasteiger partial charge is 0.251 e. The van der Waals surface area contributed by atoms with E-state index in [1.165, 1.54) is 0 Å². The molecule has 0 spiro atoms. The monoisotopic (exact) mass is 234 g/mol. The van der Waals surface area contributed by atoms with Gasteiger partial charge in [0.05, 0.1) is 0 Å². The third-order valence-electron chi connectivity index (χ3n) is 2.86. The number of hydrogen-bond donors (Lipinski definition) is 1. The van der Waals surface area contributed by atoms with Gasteiger partial charge in [0.15, 0.2) is 0 Å². The molecular weight excluding hydrogens is 216 g/mol. The first kappa shape index (κ1) is 12.7. The van der Waals surface area contributed by atoms with Gasteiger partial charge < -0.3 is 15.0 Å². The fraction of sp³-hybridized carbons (Fsp3) is 0.900. The van der Waals surface area contributed by atoms with E-state index in [1.54, 1.807) is 0 Å². The van der Waals surface area contributed by atoms with Gasteiger partial charge in [0.1, 0.15) is 6.10 Å². The number of nitrogens with one attached hydrogen (secondary N) is 1. The maximum absolute atomic E-state index is 11.9. The molecule has 2 rings (SSSR count). The van der Waals surface area contributed by atoms with Crippen molar-refractivity contribution in [1.29, 1.82) is 0 Å². The third kappa shape index (κ3) is 3.33. The Hall–Kier alpha value is -0.320. The van der Waals surface area contributed by atoms with Crippen LogP contribution in [0.1, 0.15) is 19.3 Å². The molecule has 1 amide bonds. The molecule has 15 heavy (non-hydrogen) atoms. The Balaban J connectivity index is 0.00000112. The Bertz CT molecular complexity index is 200. The second kappa shape index (κ2) is 6.30. The van der Waals surface area contributed by atoms with Crippen molar-refractivity contribution in [2.45, 2.75) is 25.4 Å². The summed E-state index contributed by atoms with van der Waals surface area (Å²) >= 11 is 0. The zero-order valence-corrected chi connectivity index (χ0v) is 9.72. The van der Waals surface area contributed by atoms with Crippen molar-refractivity contribution in [3.8, 4) is 0 Å². The van der Waals surface area contributed by atoms with E-state index in [2.05, 4.69) is 5.32 Å². The highest BCUT2D eigenvalue weighted by atomic mass is 35.5. The summed E-state index contributed by atoms with van der Waals surface area (Å²) in [7, 11) is 0. The first-order valence-corrected chi connectivity index (χ1v) is 5.49. The lowest BCUT2D eigenvalue weighted by Crippen LogP contribution is -2.40. The van der Waals surface area contributed by atoms with Gasteiger partial charge in [0, 0.05) is 26.2 Å². The summed E-state index contributed by atoms with van der Waals surface area (Å²) in [5, 5.41) is 3.29. The average molecular weight is 235 g/mol. The summed E-state index contributed by atoms with van der Waals surface area (Å²) in [5.74, 6) is 0.200. The molecular formula is C10H19ClN2O2. The summed E-state index contributed by atoms with van der Waals surface area (Å²) in [4.78, 5) is 13.9. The highest BCUT2D eigenvalue weighted by Gasteiger charge is 2.28. The molecule has 1 unspecified atom stereocenters. The standard InChI is InChI=1S/C10H18N2O2.ClH/c13-10(9-3-1-8-14-9)12-6-2-4-11-5-7-12;/h9,11H,1-8H2;1H. The summed E-state index contributed by atoms with van der Waals surface area (Å²) in [6.45, 7) is 4.40. The largest absolute Gasteiger partial charge is 0.368 e. The number of carbonyl (C=O) groups excluding carboxylic acids is 1. The predicted octanol–water partition coefficient (Wildman–Crippen LogP) is 0.409. The molecule has 0 saturated carbocycles. The van der Waals surface area contributed by atoms with Crippen LogP contribution < -0.4 is 5.32 Å². The minimum Gasteiger partial charge on any atom is -0.368 e. The normalized spacial score (nSPS) is 26.9. The average Bonchev–Trinajstić information content (AvgIpc) is 2.59. The molecule has 0 aromatic rings. The van der Waals surface area contributed by atoms with Gasteiger partial charge in [-0.2, -0.15) is 0 Å². The number of halogens is 1. The zero-order valence-electron chi connectivity index (χ0n) is 8.91. The van der Waals surface area contributed by atoms with Crippen molar-refractivity contribution in [3.05, 3.63) is 0 Å². The zero-order chi connectivity index (χ0) is 9.80. The molecule has 2 fully saturated rings. The lowest BCUT2D eigenvalue weighted by molar-refractivity contribution is -0.140. The van der Waals surface area contributed by atoms with Crippen molar-refractivity contribution in [1.82, 2.24) is 10.2 Å². The Morgan fingerprint density at radius 2 is 2.13 bits per heavy atom. The number of nitrogens with zero attached hydrogens (tertiary/aromatic N) is 1. The van der Waals surface area contributed by atoms with E-state index >= 15 is 0 Å². The van der Waals surface area contributed by atoms with E-state index in [9.17, 15) is 4.79 Å². The van der Waals surface area contributed by atoms with Crippen LogP contribution in [0.5, 0.6) is 0 Å². The van der Waals surface area contributed by atoms with Crippen molar-refractivity contribution < 1.29 is 9.53 Å². The van der Waals surface area contributed by atoms with Crippen LogP contribution in [0.25, 0.3) is 0 Å². The lowest BCUT2D eigenvalue weighted by Gasteiger charge is -2.22. The van der Waals surface area contributed by atoms with Crippen LogP contribution in [0.4, 0.5) is 0 Å². The minimum atomic E-state index is -0.145. The molecule has 1 atom stereocenters. The van der Waals surface area contributed by atoms with Crippen molar-refractivity contribution in [2.24, 2.45) is 0 Å². The molecule has 5 heteroatoms. The van der Waals surface area contributed by atoms with E-state index < -0.39 is 0 Å². The van der Waals surface area contributed by atoms with E-state index in [0.29, 0.717) is 0 Å². The maximum atomic E-state index is 11.9. The van der Waals surface area contributed by atoms with Crippen molar-refractivity contribution in [3.63, 3.8) is 0 Å². The van der Waals surface area contributed by atoms with E-state index in [-0.39, 0.29) is 24.4 Å². The Kier molecular flexibility index (Phi) is 5.36. The molecule has 1 N–H and O–H groups in total. The SMILES string of the molecule is Cl.O=C(C1CCCO1)N1CCCNCC1. The maximum Gasteiger partial charge on any atom is 0.251 e. The molecule has 2 saturated heterocycles. The quantitative estimate of drug-likeness (QED) is 0.715. The lowest BCUT2D eigenvalue weighted by atomic mass is 10.2. The van der Waals surface area contributed by atoms with E-state index in [4.69, 9.17) is 4.74 Å². The van der Waals surface area contributed by atoms with E-state index in [1.807, 2.05) is 4.90 Å². The summed E-state index contributed by atoms with van der Waals surface area (Å²) in [6.07, 6.45) is 2.84. The second-order valence-corrected chi connectivity index (χ2v) is 3.93. The van der Waals surface area contributed by atoms with Gasteiger partial charge >= 0.3 is 0 Å². The van der Waals surface area contributed by atoms with Crippen LogP contribution >= 0.6 is 12.4 Å². The van der Waals surface area contributed by atoms with Crippen LogP contribution in [0, 0.1) is 0 Å². The highest BCUT2D eigenvalue weighted by molar-refractivity contribution is 5.85. The highest BCUT2D eigenvalue weighted by Crippen LogP contribution is 2.15. The molecule has 4 nitrogen and oxygen atoms in total. The molecule has 2 aliphatic rings. The number of carbonyl (C=O) groups is 1. The van der Waals surface area contributed by atoms with Gasteiger partial charge in [0.2, 0.25) is 0 Å². The van der Waals surface area contributed by atoms with Crippen molar-refractivity contribution >= 4 is 18.3 Å². The molecule has 88 valence electrons. The first-order valence-electron chi connectivity index (χ1n) is 5.49. The minimum absolute atomic E-state index is 0. The van der Waals surface area contributed by atoms with Crippen LogP contribution in [0.15, 0.2) is 0 Å². The first-order chi connectivity index (χ1) is 6.88. The molecule has 0 aromatic heterocycles. The topological polar surface area (TPSA) is 41.6 Å². The third-order valence-corrected chi connectivity index (χ3v) is 2.86. The molecule has 0 radical (unpaired) electrons. The Labute approximate surface area is 96.7 Å². The van der Waals surface area contributed by atoms with Gasteiger partial charge in [0.25, 0.3) is 5.91 Å². The van der Waals surface area contributed by atoms with Gasteiger partial charge in [-0.15, -0.1) is 12.4 Å². The van der Waals surface area contributed by atoms with Crippen LogP contribution in [-0.2, 0) is 9.53 Å². The number of rotatable bonds is 1. The molecule has 0 aromatic carbocycles. The Morgan fingerprint density at radius 3 is 2.87 bits per heavy atom. The molecule has 0 bridgehead atoms. The van der Waals surface area contributed by atoms with E-state index in [0.717, 1.165) is 52.0 Å².